The van der Waals surface area contributed by atoms with Crippen LogP contribution in [0.15, 0.2) is 30.3 Å². The molecule has 3 unspecified atom stereocenters. The van der Waals surface area contributed by atoms with Gasteiger partial charge in [-0.3, -0.25) is 9.80 Å². The van der Waals surface area contributed by atoms with E-state index in [0.717, 1.165) is 48.6 Å². The monoisotopic (exact) mass is 910 g/mol. The summed E-state index contributed by atoms with van der Waals surface area (Å²) in [6.07, 6.45) is 2.29. The summed E-state index contributed by atoms with van der Waals surface area (Å²) in [5.74, 6) is 4.05. The molecule has 9 rings (SSSR count). The zero-order valence-corrected chi connectivity index (χ0v) is 40.6. The SMILES string of the molecule is COCOc1cc(-c2nc3c4c(nc(OC[C@@]56CCCN5C[C@H](F)C6)nc4c2F)N2CC4CCC(C2CO3)N4C(=O)OC(C)(C)C)c2c(C#C[Si](C(C)C)(C(C)C)C(C)C)cccc2c1. The number of halogens is 2. The number of pyridine rings is 1. The van der Waals surface area contributed by atoms with Gasteiger partial charge in [0.25, 0.3) is 0 Å². The second-order valence-corrected chi connectivity index (χ2v) is 26.4. The van der Waals surface area contributed by atoms with Gasteiger partial charge in [-0.15, -0.1) is 5.54 Å². The van der Waals surface area contributed by atoms with Crippen LogP contribution in [0, 0.1) is 17.3 Å². The van der Waals surface area contributed by atoms with Gasteiger partial charge < -0.3 is 28.6 Å². The Morgan fingerprint density at radius 2 is 1.77 bits per heavy atom. The van der Waals surface area contributed by atoms with Crippen LogP contribution in [-0.2, 0) is 9.47 Å². The molecule has 65 heavy (non-hydrogen) atoms. The van der Waals surface area contributed by atoms with Crippen molar-refractivity contribution >= 4 is 41.7 Å². The molecule has 4 saturated heterocycles. The molecule has 7 heterocycles. The van der Waals surface area contributed by atoms with E-state index in [1.54, 1.807) is 13.2 Å². The van der Waals surface area contributed by atoms with Gasteiger partial charge >= 0.3 is 12.1 Å². The van der Waals surface area contributed by atoms with Crippen molar-refractivity contribution in [2.45, 2.75) is 146 Å². The van der Waals surface area contributed by atoms with E-state index in [4.69, 9.17) is 38.6 Å². The lowest BCUT2D eigenvalue weighted by Gasteiger charge is -2.46. The van der Waals surface area contributed by atoms with Crippen LogP contribution in [0.1, 0.15) is 100.0 Å². The summed E-state index contributed by atoms with van der Waals surface area (Å²) in [4.78, 5) is 34.9. The van der Waals surface area contributed by atoms with Crippen molar-refractivity contribution in [1.29, 1.82) is 0 Å². The van der Waals surface area contributed by atoms with Gasteiger partial charge in [-0.25, -0.2) is 18.6 Å². The van der Waals surface area contributed by atoms with Crippen LogP contribution in [0.5, 0.6) is 17.6 Å². The number of amides is 1. The fourth-order valence-electron chi connectivity index (χ4n) is 12.1. The molecule has 2 aromatic heterocycles. The maximum atomic E-state index is 18.1. The van der Waals surface area contributed by atoms with Crippen molar-refractivity contribution in [3.8, 4) is 40.4 Å². The highest BCUT2D eigenvalue weighted by molar-refractivity contribution is 6.90. The van der Waals surface area contributed by atoms with E-state index >= 15 is 4.39 Å². The number of ether oxygens (including phenoxy) is 5. The minimum absolute atomic E-state index is 0.00564. The largest absolute Gasteiger partial charge is 0.475 e. The Kier molecular flexibility index (Phi) is 12.0. The molecule has 348 valence electrons. The highest BCUT2D eigenvalue weighted by Gasteiger charge is 2.53. The molecule has 0 aliphatic carbocycles. The van der Waals surface area contributed by atoms with Crippen LogP contribution < -0.4 is 19.1 Å². The summed E-state index contributed by atoms with van der Waals surface area (Å²) in [6, 6.07) is 8.82. The van der Waals surface area contributed by atoms with Crippen LogP contribution in [0.2, 0.25) is 16.6 Å². The Labute approximate surface area is 382 Å². The Bertz CT molecular complexity index is 2540. The first-order valence-electron chi connectivity index (χ1n) is 23.5. The number of methoxy groups -OCH3 is 1. The maximum absolute atomic E-state index is 18.1. The van der Waals surface area contributed by atoms with Gasteiger partial charge in [0.05, 0.1) is 23.7 Å². The molecule has 15 heteroatoms. The summed E-state index contributed by atoms with van der Waals surface area (Å²) < 4.78 is 63.6. The number of alkyl halides is 1. The van der Waals surface area contributed by atoms with Crippen molar-refractivity contribution in [3.05, 3.63) is 41.7 Å². The Hall–Kier alpha value is -4.78. The zero-order chi connectivity index (χ0) is 46.2. The third-order valence-corrected chi connectivity index (χ3v) is 21.1. The molecule has 4 fully saturated rings. The number of hydrogen-bond donors (Lipinski definition) is 0. The Morgan fingerprint density at radius 3 is 2.49 bits per heavy atom. The van der Waals surface area contributed by atoms with Crippen molar-refractivity contribution < 1.29 is 37.3 Å². The molecule has 5 aliphatic rings. The second-order valence-electron chi connectivity index (χ2n) is 20.8. The standard InChI is InChI=1S/C50H64F2N6O6Si/c1-29(2)65(30(3)4,31(5)6)20-17-32-13-11-14-33-21-36(63-28-60-10)22-37(40(32)33)43-42(52)44-41-45(55-47(54-44)62-27-50-18-12-19-56(50)24-34(51)23-50)57-25-35-15-16-38(39(57)26-61-46(41)53-43)58(35)48(59)64-49(7,8)9/h11,13-14,21-22,29-31,34-35,38-39H,12,15-16,18-19,23-28H2,1-10H3/t34-,35?,38?,39?,50+/m1/s1. The third-order valence-electron chi connectivity index (χ3n) is 14.8. The molecule has 4 aromatic rings. The predicted molar refractivity (Wildman–Crippen MR) is 251 cm³/mol. The van der Waals surface area contributed by atoms with Crippen LogP contribution in [0.25, 0.3) is 32.9 Å². The molecular formula is C50H64F2N6O6Si. The van der Waals surface area contributed by atoms with Gasteiger partial charge in [-0.1, -0.05) is 59.6 Å². The quantitative estimate of drug-likeness (QED) is 0.0862. The number of rotatable bonds is 10. The number of fused-ring (bicyclic) bond motifs is 7. The fraction of sp³-hybridized carbons (Fsp3) is 0.600. The number of piperazine rings is 1. The third kappa shape index (κ3) is 7.94. The normalized spacial score (nSPS) is 24.0. The predicted octanol–water partition coefficient (Wildman–Crippen LogP) is 9.84. The molecule has 2 aromatic carbocycles. The first-order chi connectivity index (χ1) is 30.9. The number of aromatic nitrogens is 3. The molecule has 0 saturated carbocycles. The minimum atomic E-state index is -2.17. The fourth-order valence-corrected chi connectivity index (χ4v) is 17.3. The lowest BCUT2D eigenvalue weighted by atomic mass is 9.95. The highest BCUT2D eigenvalue weighted by atomic mass is 28.3. The molecule has 2 bridgehead atoms. The lowest BCUT2D eigenvalue weighted by Crippen LogP contribution is -2.63. The van der Waals surface area contributed by atoms with Gasteiger partial charge in [0, 0.05) is 43.1 Å². The number of nitrogens with zero attached hydrogens (tertiary/aromatic N) is 6. The lowest BCUT2D eigenvalue weighted by molar-refractivity contribution is 0.00537. The first-order valence-corrected chi connectivity index (χ1v) is 25.7. The van der Waals surface area contributed by atoms with Gasteiger partial charge in [-0.05, 0) is 93.2 Å². The number of hydrogen-bond acceptors (Lipinski definition) is 11. The van der Waals surface area contributed by atoms with Gasteiger partial charge in [0.1, 0.15) is 61.2 Å². The number of anilines is 1. The Morgan fingerprint density at radius 1 is 1.00 bits per heavy atom. The Balaban J connectivity index is 1.23. The van der Waals surface area contributed by atoms with Crippen molar-refractivity contribution in [2.24, 2.45) is 0 Å². The highest BCUT2D eigenvalue weighted by Crippen LogP contribution is 2.48. The molecule has 0 radical (unpaired) electrons. The van der Waals surface area contributed by atoms with Crippen molar-refractivity contribution in [2.75, 3.05) is 51.7 Å². The summed E-state index contributed by atoms with van der Waals surface area (Å²) in [6.45, 7) is 21.2. The summed E-state index contributed by atoms with van der Waals surface area (Å²) in [5.41, 5.74) is 5.18. The first kappa shape index (κ1) is 45.4. The van der Waals surface area contributed by atoms with Gasteiger partial charge in [0.15, 0.2) is 12.6 Å². The molecule has 12 nitrogen and oxygen atoms in total. The molecule has 5 aliphatic heterocycles. The summed E-state index contributed by atoms with van der Waals surface area (Å²) in [7, 11) is -0.624. The van der Waals surface area contributed by atoms with Crippen LogP contribution >= 0.6 is 0 Å². The molecule has 1 amide bonds. The number of carbonyl (C=O) groups is 1. The smallest absolute Gasteiger partial charge is 0.410 e. The number of benzene rings is 2. The van der Waals surface area contributed by atoms with E-state index in [1.807, 2.05) is 49.9 Å². The molecular weight excluding hydrogens is 847 g/mol. The molecule has 5 atom stereocenters. The average molecular weight is 911 g/mol. The minimum Gasteiger partial charge on any atom is -0.475 e. The van der Waals surface area contributed by atoms with Gasteiger partial charge in [-0.2, -0.15) is 9.97 Å². The van der Waals surface area contributed by atoms with Crippen LogP contribution in [0.3, 0.4) is 0 Å². The van der Waals surface area contributed by atoms with Crippen molar-refractivity contribution in [1.82, 2.24) is 24.8 Å². The summed E-state index contributed by atoms with van der Waals surface area (Å²) >= 11 is 0. The average Bonchev–Trinajstić information content (AvgIpc) is 3.85. The van der Waals surface area contributed by atoms with E-state index in [2.05, 4.69) is 62.8 Å². The van der Waals surface area contributed by atoms with Crippen LogP contribution in [-0.4, -0.2) is 121 Å². The van der Waals surface area contributed by atoms with E-state index in [-0.39, 0.29) is 67.3 Å². The molecule has 0 N–H and O–H groups in total. The van der Waals surface area contributed by atoms with Crippen molar-refractivity contribution in [3.63, 3.8) is 0 Å². The second kappa shape index (κ2) is 17.1. The zero-order valence-electron chi connectivity index (χ0n) is 39.6. The summed E-state index contributed by atoms with van der Waals surface area (Å²) in [5, 5.41) is 1.85. The number of carbonyl (C=O) groups excluding carboxylic acids is 1. The van der Waals surface area contributed by atoms with E-state index in [0.29, 0.717) is 58.7 Å². The van der Waals surface area contributed by atoms with E-state index in [9.17, 15) is 9.18 Å². The molecule has 0 spiro atoms. The van der Waals surface area contributed by atoms with E-state index < -0.39 is 31.2 Å². The van der Waals surface area contributed by atoms with Gasteiger partial charge in [0.2, 0.25) is 5.88 Å². The van der Waals surface area contributed by atoms with E-state index in [1.165, 1.54) is 0 Å². The topological polar surface area (TPSA) is 112 Å². The van der Waals surface area contributed by atoms with Crippen LogP contribution in [0.4, 0.5) is 19.4 Å². The maximum Gasteiger partial charge on any atom is 0.410 e.